The smallest absolute Gasteiger partial charge is 0.261 e. The van der Waals surface area contributed by atoms with Gasteiger partial charge in [-0.25, -0.2) is 13.2 Å². The molecule has 2 rings (SSSR count). The van der Waals surface area contributed by atoms with Gasteiger partial charge in [0.15, 0.2) is 0 Å². The summed E-state index contributed by atoms with van der Waals surface area (Å²) in [6.07, 6.45) is 0.628. The van der Waals surface area contributed by atoms with Gasteiger partial charge in [0.25, 0.3) is 5.91 Å². The van der Waals surface area contributed by atoms with Gasteiger partial charge >= 0.3 is 0 Å². The van der Waals surface area contributed by atoms with Gasteiger partial charge < -0.3 is 5.32 Å². The Kier molecular flexibility index (Phi) is 4.67. The molecular formula is C15H11BrF3NO. The number of hydrogen-bond acceptors (Lipinski definition) is 1. The summed E-state index contributed by atoms with van der Waals surface area (Å²) in [7, 11) is 0. The second kappa shape index (κ2) is 6.30. The van der Waals surface area contributed by atoms with Crippen LogP contribution >= 0.6 is 15.9 Å². The summed E-state index contributed by atoms with van der Waals surface area (Å²) in [5.41, 5.74) is 0.454. The first-order valence-corrected chi connectivity index (χ1v) is 6.96. The Hall–Kier alpha value is -1.82. The fourth-order valence-corrected chi connectivity index (χ4v) is 2.33. The van der Waals surface area contributed by atoms with Crippen LogP contribution in [-0.2, 0) is 6.42 Å². The molecule has 2 nitrogen and oxygen atoms in total. The van der Waals surface area contributed by atoms with E-state index < -0.39 is 28.9 Å². The number of amides is 1. The van der Waals surface area contributed by atoms with E-state index in [-0.39, 0.29) is 0 Å². The van der Waals surface area contributed by atoms with Gasteiger partial charge in [-0.3, -0.25) is 4.79 Å². The van der Waals surface area contributed by atoms with Crippen LogP contribution in [0.2, 0.25) is 0 Å². The molecule has 21 heavy (non-hydrogen) atoms. The first-order valence-electron chi connectivity index (χ1n) is 6.16. The molecule has 0 aromatic heterocycles. The van der Waals surface area contributed by atoms with Crippen molar-refractivity contribution in [2.24, 2.45) is 0 Å². The minimum absolute atomic E-state index is 0.453. The minimum Gasteiger partial charge on any atom is -0.322 e. The normalized spacial score (nSPS) is 10.5. The Morgan fingerprint density at radius 1 is 1.14 bits per heavy atom. The van der Waals surface area contributed by atoms with Gasteiger partial charge in [-0.05, 0) is 30.2 Å². The number of halogens is 4. The van der Waals surface area contributed by atoms with Gasteiger partial charge in [-0.1, -0.05) is 22.9 Å². The second-order valence-electron chi connectivity index (χ2n) is 4.35. The average molecular weight is 358 g/mol. The van der Waals surface area contributed by atoms with Gasteiger partial charge in [-0.15, -0.1) is 0 Å². The fraction of sp³-hybridized carbons (Fsp3) is 0.133. The molecule has 0 saturated heterocycles. The molecule has 0 heterocycles. The van der Waals surface area contributed by atoms with Gasteiger partial charge in [-0.2, -0.15) is 0 Å². The molecule has 0 atom stereocenters. The topological polar surface area (TPSA) is 29.1 Å². The van der Waals surface area contributed by atoms with E-state index in [1.165, 1.54) is 0 Å². The minimum atomic E-state index is -1.24. The monoisotopic (exact) mass is 357 g/mol. The maximum Gasteiger partial charge on any atom is 0.261 e. The van der Waals surface area contributed by atoms with Crippen molar-refractivity contribution in [3.63, 3.8) is 0 Å². The molecule has 0 unspecified atom stereocenters. The predicted octanol–water partition coefficient (Wildman–Crippen LogP) is 4.68. The van der Waals surface area contributed by atoms with E-state index in [1.807, 2.05) is 6.92 Å². The van der Waals surface area contributed by atoms with Crippen molar-refractivity contribution in [1.29, 1.82) is 0 Å². The Morgan fingerprint density at radius 3 is 2.33 bits per heavy atom. The van der Waals surface area contributed by atoms with Crippen LogP contribution in [0.1, 0.15) is 22.8 Å². The first kappa shape index (κ1) is 15.6. The summed E-state index contributed by atoms with van der Waals surface area (Å²) >= 11 is 3.31. The number of nitrogens with one attached hydrogen (secondary N) is 1. The molecule has 0 fully saturated rings. The predicted molar refractivity (Wildman–Crippen MR) is 77.8 cm³/mol. The van der Waals surface area contributed by atoms with E-state index in [4.69, 9.17) is 0 Å². The zero-order valence-corrected chi connectivity index (χ0v) is 12.6. The fourth-order valence-electron chi connectivity index (χ4n) is 1.92. The lowest BCUT2D eigenvalue weighted by atomic mass is 10.1. The molecule has 0 saturated carbocycles. The van der Waals surface area contributed by atoms with Gasteiger partial charge in [0.1, 0.15) is 23.0 Å². The van der Waals surface area contributed by atoms with Crippen LogP contribution in [0, 0.1) is 17.5 Å². The van der Waals surface area contributed by atoms with Crippen LogP contribution in [0.5, 0.6) is 0 Å². The van der Waals surface area contributed by atoms with E-state index >= 15 is 0 Å². The molecule has 0 aliphatic rings. The highest BCUT2D eigenvalue weighted by Gasteiger charge is 2.19. The third-order valence-electron chi connectivity index (χ3n) is 2.93. The number of rotatable bonds is 3. The van der Waals surface area contributed by atoms with Crippen LogP contribution in [0.3, 0.4) is 0 Å². The molecule has 0 aliphatic heterocycles. The van der Waals surface area contributed by atoms with E-state index in [0.29, 0.717) is 24.2 Å². The highest BCUT2D eigenvalue weighted by Crippen LogP contribution is 2.23. The molecule has 0 spiro atoms. The van der Waals surface area contributed by atoms with Crippen LogP contribution in [0.15, 0.2) is 34.8 Å². The Balaban J connectivity index is 2.35. The Morgan fingerprint density at radius 2 is 1.76 bits per heavy atom. The highest BCUT2D eigenvalue weighted by atomic mass is 79.9. The van der Waals surface area contributed by atoms with Gasteiger partial charge in [0.05, 0.1) is 0 Å². The molecular weight excluding hydrogens is 347 g/mol. The van der Waals surface area contributed by atoms with Crippen molar-refractivity contribution in [2.45, 2.75) is 13.3 Å². The largest absolute Gasteiger partial charge is 0.322 e. The van der Waals surface area contributed by atoms with Crippen molar-refractivity contribution in [2.75, 3.05) is 5.32 Å². The number of anilines is 1. The molecule has 2 aromatic rings. The average Bonchev–Trinajstić information content (AvgIpc) is 2.39. The number of carbonyl (C=O) groups excluding carboxylic acids is 1. The molecule has 0 bridgehead atoms. The molecule has 0 radical (unpaired) electrons. The van der Waals surface area contributed by atoms with Crippen LogP contribution in [0.25, 0.3) is 0 Å². The van der Waals surface area contributed by atoms with E-state index in [2.05, 4.69) is 21.2 Å². The number of hydrogen-bond donors (Lipinski definition) is 1. The van der Waals surface area contributed by atoms with Crippen molar-refractivity contribution >= 4 is 27.5 Å². The Labute approximate surface area is 128 Å². The lowest BCUT2D eigenvalue weighted by Crippen LogP contribution is -2.17. The summed E-state index contributed by atoms with van der Waals surface area (Å²) in [5, 5.41) is 2.44. The number of carbonyl (C=O) groups is 1. The maximum atomic E-state index is 13.6. The maximum absolute atomic E-state index is 13.6. The first-order chi connectivity index (χ1) is 9.92. The van der Waals surface area contributed by atoms with Gasteiger partial charge in [0.2, 0.25) is 0 Å². The Bertz CT molecular complexity index is 680. The molecule has 2 aromatic carbocycles. The summed E-state index contributed by atoms with van der Waals surface area (Å²) in [6, 6.07) is 6.07. The highest BCUT2D eigenvalue weighted by molar-refractivity contribution is 9.10. The van der Waals surface area contributed by atoms with E-state index in [0.717, 1.165) is 10.0 Å². The lowest BCUT2D eigenvalue weighted by molar-refractivity contribution is 0.101. The lowest BCUT2D eigenvalue weighted by Gasteiger charge is -2.11. The van der Waals surface area contributed by atoms with E-state index in [1.54, 1.807) is 18.2 Å². The second-order valence-corrected chi connectivity index (χ2v) is 5.27. The van der Waals surface area contributed by atoms with E-state index in [9.17, 15) is 18.0 Å². The standard InChI is InChI=1S/C15H11BrF3NO/c1-2-8-5-9(16)3-4-13(8)20-15(21)14-11(18)6-10(17)7-12(14)19/h3-7H,2H2,1H3,(H,20,21). The molecule has 1 amide bonds. The van der Waals surface area contributed by atoms with Crippen molar-refractivity contribution in [3.8, 4) is 0 Å². The molecule has 1 N–H and O–H groups in total. The van der Waals surface area contributed by atoms with Crippen LogP contribution in [-0.4, -0.2) is 5.91 Å². The zero-order valence-electron chi connectivity index (χ0n) is 11.0. The van der Waals surface area contributed by atoms with Gasteiger partial charge in [0, 0.05) is 22.3 Å². The third-order valence-corrected chi connectivity index (χ3v) is 3.42. The summed E-state index contributed by atoms with van der Waals surface area (Å²) < 4.78 is 40.8. The summed E-state index contributed by atoms with van der Waals surface area (Å²) in [6.45, 7) is 1.89. The molecule has 6 heteroatoms. The summed E-state index contributed by atoms with van der Waals surface area (Å²) in [4.78, 5) is 12.0. The van der Waals surface area contributed by atoms with Crippen molar-refractivity contribution in [3.05, 3.63) is 63.4 Å². The quantitative estimate of drug-likeness (QED) is 0.848. The third kappa shape index (κ3) is 3.44. The van der Waals surface area contributed by atoms with Crippen molar-refractivity contribution < 1.29 is 18.0 Å². The SMILES string of the molecule is CCc1cc(Br)ccc1NC(=O)c1c(F)cc(F)cc1F. The summed E-state index contributed by atoms with van der Waals surface area (Å²) in [5.74, 6) is -4.50. The number of aryl methyl sites for hydroxylation is 1. The van der Waals surface area contributed by atoms with Crippen LogP contribution < -0.4 is 5.32 Å². The molecule has 110 valence electrons. The van der Waals surface area contributed by atoms with Crippen molar-refractivity contribution in [1.82, 2.24) is 0 Å². The molecule has 0 aliphatic carbocycles. The van der Waals surface area contributed by atoms with Crippen LogP contribution in [0.4, 0.5) is 18.9 Å². The number of benzene rings is 2. The zero-order chi connectivity index (χ0) is 15.6.